The van der Waals surface area contributed by atoms with Gasteiger partial charge in [-0.2, -0.15) is 0 Å². The van der Waals surface area contributed by atoms with Crippen LogP contribution < -0.4 is 0 Å². The van der Waals surface area contributed by atoms with Crippen molar-refractivity contribution in [1.82, 2.24) is 0 Å². The SMILES string of the molecule is CCOC1CC(F)(F)CCC1CCC=O. The van der Waals surface area contributed by atoms with E-state index in [2.05, 4.69) is 0 Å². The topological polar surface area (TPSA) is 26.3 Å². The standard InChI is InChI=1S/C11H18F2O2/c1-2-15-10-8-11(12,13)6-5-9(10)4-3-7-14/h7,9-10H,2-6,8H2,1H3. The Morgan fingerprint density at radius 1 is 1.53 bits per heavy atom. The van der Waals surface area contributed by atoms with Gasteiger partial charge in [0.25, 0.3) is 5.92 Å². The molecule has 1 saturated carbocycles. The van der Waals surface area contributed by atoms with Gasteiger partial charge in [0.05, 0.1) is 6.10 Å². The van der Waals surface area contributed by atoms with Crippen LogP contribution in [0, 0.1) is 5.92 Å². The van der Waals surface area contributed by atoms with Gasteiger partial charge in [-0.3, -0.25) is 0 Å². The van der Waals surface area contributed by atoms with Crippen molar-refractivity contribution in [2.45, 2.75) is 51.1 Å². The molecule has 0 aromatic rings. The average Bonchev–Trinajstić information content (AvgIpc) is 2.16. The van der Waals surface area contributed by atoms with Crippen LogP contribution in [0.2, 0.25) is 0 Å². The number of hydrogen-bond acceptors (Lipinski definition) is 2. The Morgan fingerprint density at radius 2 is 2.27 bits per heavy atom. The molecule has 1 aliphatic carbocycles. The molecule has 1 fully saturated rings. The summed E-state index contributed by atoms with van der Waals surface area (Å²) in [5, 5.41) is 0. The minimum atomic E-state index is -2.59. The summed E-state index contributed by atoms with van der Waals surface area (Å²) in [6, 6.07) is 0. The summed E-state index contributed by atoms with van der Waals surface area (Å²) in [6.45, 7) is 2.27. The lowest BCUT2D eigenvalue weighted by Crippen LogP contribution is -2.38. The molecule has 2 nitrogen and oxygen atoms in total. The smallest absolute Gasteiger partial charge is 0.250 e. The van der Waals surface area contributed by atoms with Gasteiger partial charge < -0.3 is 9.53 Å². The molecule has 0 N–H and O–H groups in total. The first-order valence-electron chi connectivity index (χ1n) is 5.52. The molecule has 15 heavy (non-hydrogen) atoms. The first-order valence-corrected chi connectivity index (χ1v) is 5.52. The zero-order chi connectivity index (χ0) is 11.3. The summed E-state index contributed by atoms with van der Waals surface area (Å²) in [4.78, 5) is 10.3. The minimum absolute atomic E-state index is 0.0693. The van der Waals surface area contributed by atoms with Crippen LogP contribution in [0.4, 0.5) is 8.78 Å². The highest BCUT2D eigenvalue weighted by atomic mass is 19.3. The molecule has 0 spiro atoms. The molecule has 0 saturated heterocycles. The number of aldehydes is 1. The van der Waals surface area contributed by atoms with Crippen LogP contribution >= 0.6 is 0 Å². The highest BCUT2D eigenvalue weighted by Gasteiger charge is 2.41. The fraction of sp³-hybridized carbons (Fsp3) is 0.909. The van der Waals surface area contributed by atoms with Crippen molar-refractivity contribution in [2.24, 2.45) is 5.92 Å². The van der Waals surface area contributed by atoms with E-state index in [-0.39, 0.29) is 24.9 Å². The first kappa shape index (κ1) is 12.6. The van der Waals surface area contributed by atoms with Gasteiger partial charge in [0, 0.05) is 25.9 Å². The third kappa shape index (κ3) is 3.86. The number of ether oxygens (including phenoxy) is 1. The molecule has 2 unspecified atom stereocenters. The van der Waals surface area contributed by atoms with Crippen molar-refractivity contribution in [3.8, 4) is 0 Å². The van der Waals surface area contributed by atoms with Crippen molar-refractivity contribution in [2.75, 3.05) is 6.61 Å². The average molecular weight is 220 g/mol. The van der Waals surface area contributed by atoms with Gasteiger partial charge in [-0.1, -0.05) is 0 Å². The molecule has 0 bridgehead atoms. The Labute approximate surface area is 89.0 Å². The van der Waals surface area contributed by atoms with E-state index in [1.807, 2.05) is 6.92 Å². The van der Waals surface area contributed by atoms with Crippen LogP contribution in [0.5, 0.6) is 0 Å². The molecule has 0 heterocycles. The molecular formula is C11H18F2O2. The number of alkyl halides is 2. The molecule has 0 aromatic heterocycles. The van der Waals surface area contributed by atoms with Crippen LogP contribution in [-0.4, -0.2) is 24.9 Å². The highest BCUT2D eigenvalue weighted by Crippen LogP contribution is 2.39. The summed E-state index contributed by atoms with van der Waals surface area (Å²) >= 11 is 0. The minimum Gasteiger partial charge on any atom is -0.378 e. The second-order valence-electron chi connectivity index (χ2n) is 4.10. The van der Waals surface area contributed by atoms with Gasteiger partial charge in [0.2, 0.25) is 0 Å². The highest BCUT2D eigenvalue weighted by molar-refractivity contribution is 5.49. The van der Waals surface area contributed by atoms with Crippen molar-refractivity contribution in [1.29, 1.82) is 0 Å². The van der Waals surface area contributed by atoms with Crippen molar-refractivity contribution in [3.63, 3.8) is 0 Å². The van der Waals surface area contributed by atoms with Crippen LogP contribution in [0.25, 0.3) is 0 Å². The second-order valence-corrected chi connectivity index (χ2v) is 4.10. The van der Waals surface area contributed by atoms with E-state index >= 15 is 0 Å². The van der Waals surface area contributed by atoms with Crippen LogP contribution in [-0.2, 0) is 9.53 Å². The number of hydrogen-bond donors (Lipinski definition) is 0. The summed E-state index contributed by atoms with van der Waals surface area (Å²) in [6.07, 6.45) is 1.79. The Morgan fingerprint density at radius 3 is 2.87 bits per heavy atom. The molecule has 1 aliphatic rings. The maximum atomic E-state index is 13.1. The van der Waals surface area contributed by atoms with E-state index < -0.39 is 5.92 Å². The van der Waals surface area contributed by atoms with E-state index in [1.165, 1.54) is 0 Å². The summed E-state index contributed by atoms with van der Waals surface area (Å²) in [5.41, 5.74) is 0. The predicted octanol–water partition coefficient (Wildman–Crippen LogP) is 2.81. The summed E-state index contributed by atoms with van der Waals surface area (Å²) in [7, 11) is 0. The molecular weight excluding hydrogens is 202 g/mol. The fourth-order valence-corrected chi connectivity index (χ4v) is 2.17. The quantitative estimate of drug-likeness (QED) is 0.666. The lowest BCUT2D eigenvalue weighted by atomic mass is 9.81. The van der Waals surface area contributed by atoms with Crippen LogP contribution in [0.3, 0.4) is 0 Å². The van der Waals surface area contributed by atoms with E-state index in [4.69, 9.17) is 4.74 Å². The molecule has 1 rings (SSSR count). The van der Waals surface area contributed by atoms with Gasteiger partial charge in [-0.15, -0.1) is 0 Å². The number of carbonyl (C=O) groups excluding carboxylic acids is 1. The monoisotopic (exact) mass is 220 g/mol. The molecule has 0 aliphatic heterocycles. The predicted molar refractivity (Wildman–Crippen MR) is 53.0 cm³/mol. The number of rotatable bonds is 5. The normalized spacial score (nSPS) is 30.1. The van der Waals surface area contributed by atoms with E-state index in [0.29, 0.717) is 25.9 Å². The fourth-order valence-electron chi connectivity index (χ4n) is 2.17. The molecule has 2 atom stereocenters. The molecule has 88 valence electrons. The Kier molecular flexibility index (Phi) is 4.64. The Hall–Kier alpha value is -0.510. The van der Waals surface area contributed by atoms with Gasteiger partial charge in [0.1, 0.15) is 6.29 Å². The summed E-state index contributed by atoms with van der Waals surface area (Å²) < 4.78 is 31.6. The van der Waals surface area contributed by atoms with E-state index in [1.54, 1.807) is 0 Å². The molecule has 0 radical (unpaired) electrons. The Balaban J connectivity index is 2.50. The van der Waals surface area contributed by atoms with Gasteiger partial charge in [0.15, 0.2) is 0 Å². The Bertz CT molecular complexity index is 207. The van der Waals surface area contributed by atoms with Gasteiger partial charge in [-0.05, 0) is 25.7 Å². The zero-order valence-electron chi connectivity index (χ0n) is 9.05. The lowest BCUT2D eigenvalue weighted by Gasteiger charge is -2.35. The third-order valence-corrected chi connectivity index (χ3v) is 2.94. The molecule has 4 heteroatoms. The van der Waals surface area contributed by atoms with E-state index in [9.17, 15) is 13.6 Å². The van der Waals surface area contributed by atoms with Crippen molar-refractivity contribution < 1.29 is 18.3 Å². The van der Waals surface area contributed by atoms with Crippen LogP contribution in [0.1, 0.15) is 39.0 Å². The first-order chi connectivity index (χ1) is 7.09. The van der Waals surface area contributed by atoms with Gasteiger partial charge >= 0.3 is 0 Å². The summed E-state index contributed by atoms with van der Waals surface area (Å²) in [5.74, 6) is -2.47. The number of carbonyl (C=O) groups is 1. The maximum absolute atomic E-state index is 13.1. The largest absolute Gasteiger partial charge is 0.378 e. The molecule has 0 aromatic carbocycles. The zero-order valence-corrected chi connectivity index (χ0v) is 9.05. The van der Waals surface area contributed by atoms with Crippen LogP contribution in [0.15, 0.2) is 0 Å². The maximum Gasteiger partial charge on any atom is 0.250 e. The van der Waals surface area contributed by atoms with Gasteiger partial charge in [-0.25, -0.2) is 8.78 Å². The van der Waals surface area contributed by atoms with E-state index in [0.717, 1.165) is 6.29 Å². The third-order valence-electron chi connectivity index (χ3n) is 2.94. The lowest BCUT2D eigenvalue weighted by molar-refractivity contribution is -0.121. The van der Waals surface area contributed by atoms with Crippen molar-refractivity contribution >= 4 is 6.29 Å². The molecule has 0 amide bonds. The van der Waals surface area contributed by atoms with Crippen molar-refractivity contribution in [3.05, 3.63) is 0 Å². The second kappa shape index (κ2) is 5.54. The number of halogens is 2.